The maximum absolute atomic E-state index is 12.1. The van der Waals surface area contributed by atoms with Gasteiger partial charge in [-0.15, -0.1) is 0 Å². The van der Waals surface area contributed by atoms with E-state index in [0.29, 0.717) is 10.9 Å². The molecule has 1 aromatic carbocycles. The zero-order valence-electron chi connectivity index (χ0n) is 7.94. The van der Waals surface area contributed by atoms with E-state index in [1.807, 2.05) is 0 Å². The van der Waals surface area contributed by atoms with E-state index in [4.69, 9.17) is 0 Å². The molecule has 0 saturated heterocycles. The highest BCUT2D eigenvalue weighted by Gasteiger charge is 2.39. The van der Waals surface area contributed by atoms with Crippen molar-refractivity contribution in [2.24, 2.45) is 0 Å². The summed E-state index contributed by atoms with van der Waals surface area (Å²) in [6, 6.07) is 5.17. The standard InChI is InChI=1S/C11H6BrF3O/c12-6-2-4-8-3-1-5-9(7-8)10(16)11(13,14)15/h1,3,5,7H,6H2. The second kappa shape index (κ2) is 5.17. The molecule has 1 aromatic rings. The Morgan fingerprint density at radius 3 is 2.62 bits per heavy atom. The van der Waals surface area contributed by atoms with Crippen molar-refractivity contribution in [2.45, 2.75) is 6.18 Å². The van der Waals surface area contributed by atoms with Crippen LogP contribution >= 0.6 is 15.9 Å². The molecule has 0 aliphatic heterocycles. The fraction of sp³-hybridized carbons (Fsp3) is 0.182. The first-order valence-electron chi connectivity index (χ1n) is 4.21. The van der Waals surface area contributed by atoms with Gasteiger partial charge in [-0.1, -0.05) is 39.9 Å². The van der Waals surface area contributed by atoms with Gasteiger partial charge >= 0.3 is 6.18 Å². The molecular formula is C11H6BrF3O. The van der Waals surface area contributed by atoms with Gasteiger partial charge in [-0.3, -0.25) is 4.79 Å². The summed E-state index contributed by atoms with van der Waals surface area (Å²) >= 11 is 3.07. The minimum Gasteiger partial charge on any atom is -0.284 e. The Labute approximate surface area is 98.8 Å². The fourth-order valence-electron chi connectivity index (χ4n) is 1.04. The van der Waals surface area contributed by atoms with Crippen LogP contribution in [-0.4, -0.2) is 17.3 Å². The van der Waals surface area contributed by atoms with Gasteiger partial charge in [-0.05, 0) is 12.1 Å². The monoisotopic (exact) mass is 290 g/mol. The summed E-state index contributed by atoms with van der Waals surface area (Å²) in [6.07, 6.45) is -4.85. The van der Waals surface area contributed by atoms with Crippen LogP contribution in [0.15, 0.2) is 24.3 Å². The normalized spacial score (nSPS) is 10.5. The van der Waals surface area contributed by atoms with E-state index in [1.54, 1.807) is 6.07 Å². The van der Waals surface area contributed by atoms with Crippen molar-refractivity contribution in [3.05, 3.63) is 35.4 Å². The summed E-state index contributed by atoms with van der Waals surface area (Å²) in [6.45, 7) is 0. The smallest absolute Gasteiger partial charge is 0.284 e. The van der Waals surface area contributed by atoms with E-state index in [0.717, 1.165) is 12.1 Å². The lowest BCUT2D eigenvalue weighted by Crippen LogP contribution is -2.22. The summed E-state index contributed by atoms with van der Waals surface area (Å²) in [4.78, 5) is 10.9. The lowest BCUT2D eigenvalue weighted by Gasteiger charge is -2.04. The molecule has 0 bridgehead atoms. The molecule has 1 nitrogen and oxygen atoms in total. The highest BCUT2D eigenvalue weighted by molar-refractivity contribution is 9.09. The van der Waals surface area contributed by atoms with Crippen molar-refractivity contribution in [2.75, 3.05) is 5.33 Å². The van der Waals surface area contributed by atoms with E-state index in [-0.39, 0.29) is 0 Å². The maximum atomic E-state index is 12.1. The van der Waals surface area contributed by atoms with Crippen molar-refractivity contribution in [1.29, 1.82) is 0 Å². The molecule has 0 aliphatic carbocycles. The molecule has 0 saturated carbocycles. The number of halogens is 4. The van der Waals surface area contributed by atoms with Crippen molar-refractivity contribution >= 4 is 21.7 Å². The van der Waals surface area contributed by atoms with Gasteiger partial charge in [-0.25, -0.2) is 0 Å². The molecule has 1 rings (SSSR count). The largest absolute Gasteiger partial charge is 0.454 e. The lowest BCUT2D eigenvalue weighted by atomic mass is 10.1. The molecule has 0 N–H and O–H groups in total. The van der Waals surface area contributed by atoms with Gasteiger partial charge in [0.1, 0.15) is 0 Å². The van der Waals surface area contributed by atoms with Crippen LogP contribution in [0.2, 0.25) is 0 Å². The van der Waals surface area contributed by atoms with E-state index in [2.05, 4.69) is 27.8 Å². The quantitative estimate of drug-likeness (QED) is 0.441. The molecule has 0 heterocycles. The number of hydrogen-bond acceptors (Lipinski definition) is 1. The third-order valence-electron chi connectivity index (χ3n) is 1.68. The molecule has 84 valence electrons. The second-order valence-corrected chi connectivity index (χ2v) is 3.40. The van der Waals surface area contributed by atoms with Gasteiger partial charge in [0.2, 0.25) is 0 Å². The van der Waals surface area contributed by atoms with Gasteiger partial charge in [0, 0.05) is 11.1 Å². The van der Waals surface area contributed by atoms with Crippen LogP contribution in [0, 0.1) is 11.8 Å². The molecular weight excluding hydrogens is 285 g/mol. The molecule has 0 unspecified atom stereocenters. The van der Waals surface area contributed by atoms with Gasteiger partial charge in [-0.2, -0.15) is 13.2 Å². The van der Waals surface area contributed by atoms with Crippen LogP contribution in [0.3, 0.4) is 0 Å². The summed E-state index contributed by atoms with van der Waals surface area (Å²) in [5, 5.41) is 0.421. The molecule has 0 radical (unpaired) electrons. The topological polar surface area (TPSA) is 17.1 Å². The van der Waals surface area contributed by atoms with Gasteiger partial charge in [0.05, 0.1) is 5.33 Å². The molecule has 0 aliphatic rings. The van der Waals surface area contributed by atoms with Crippen LogP contribution in [-0.2, 0) is 0 Å². The lowest BCUT2D eigenvalue weighted by molar-refractivity contribution is -0.0885. The highest BCUT2D eigenvalue weighted by atomic mass is 79.9. The molecule has 0 atom stereocenters. The van der Waals surface area contributed by atoms with Crippen molar-refractivity contribution in [3.8, 4) is 11.8 Å². The Morgan fingerprint density at radius 2 is 2.06 bits per heavy atom. The first kappa shape index (κ1) is 12.8. The summed E-state index contributed by atoms with van der Waals surface area (Å²) in [5.41, 5.74) is -0.0107. The minimum absolute atomic E-state index is 0.384. The highest BCUT2D eigenvalue weighted by Crippen LogP contribution is 2.21. The molecule has 16 heavy (non-hydrogen) atoms. The average molecular weight is 291 g/mol. The summed E-state index contributed by atoms with van der Waals surface area (Å²) < 4.78 is 36.4. The molecule has 0 fully saturated rings. The zero-order valence-corrected chi connectivity index (χ0v) is 9.52. The second-order valence-electron chi connectivity index (χ2n) is 2.84. The van der Waals surface area contributed by atoms with Crippen molar-refractivity contribution < 1.29 is 18.0 Å². The number of benzene rings is 1. The first-order chi connectivity index (χ1) is 7.45. The molecule has 5 heteroatoms. The van der Waals surface area contributed by atoms with E-state index in [9.17, 15) is 18.0 Å². The number of Topliss-reactive ketones (excluding diaryl/α,β-unsaturated/α-hetero) is 1. The Kier molecular flexibility index (Phi) is 4.13. The Bertz CT molecular complexity index is 454. The summed E-state index contributed by atoms with van der Waals surface area (Å²) in [7, 11) is 0. The predicted octanol–water partition coefficient (Wildman–Crippen LogP) is 3.18. The van der Waals surface area contributed by atoms with Crippen LogP contribution < -0.4 is 0 Å². The van der Waals surface area contributed by atoms with E-state index >= 15 is 0 Å². The molecule has 0 amide bonds. The zero-order chi connectivity index (χ0) is 12.2. The number of hydrogen-bond donors (Lipinski definition) is 0. The number of alkyl halides is 4. The van der Waals surface area contributed by atoms with Crippen molar-refractivity contribution in [1.82, 2.24) is 0 Å². The fourth-order valence-corrected chi connectivity index (χ4v) is 1.18. The van der Waals surface area contributed by atoms with Crippen LogP contribution in [0.5, 0.6) is 0 Å². The Hall–Kier alpha value is -1.28. The van der Waals surface area contributed by atoms with Crippen LogP contribution in [0.1, 0.15) is 15.9 Å². The Balaban J connectivity index is 3.04. The van der Waals surface area contributed by atoms with Gasteiger partial charge < -0.3 is 0 Å². The van der Waals surface area contributed by atoms with Gasteiger partial charge in [0.15, 0.2) is 0 Å². The SMILES string of the molecule is O=C(c1cccc(C#CCBr)c1)C(F)(F)F. The molecule has 0 aromatic heterocycles. The number of ketones is 1. The average Bonchev–Trinajstić information content (AvgIpc) is 2.24. The summed E-state index contributed by atoms with van der Waals surface area (Å²) in [5.74, 6) is 3.42. The third kappa shape index (κ3) is 3.38. The number of rotatable bonds is 1. The number of carbonyl (C=O) groups excluding carboxylic acids is 1. The van der Waals surface area contributed by atoms with Crippen LogP contribution in [0.25, 0.3) is 0 Å². The Morgan fingerprint density at radius 1 is 1.38 bits per heavy atom. The van der Waals surface area contributed by atoms with E-state index < -0.39 is 17.5 Å². The first-order valence-corrected chi connectivity index (χ1v) is 5.33. The maximum Gasteiger partial charge on any atom is 0.454 e. The number of carbonyl (C=O) groups is 1. The van der Waals surface area contributed by atoms with E-state index in [1.165, 1.54) is 6.07 Å². The third-order valence-corrected chi connectivity index (χ3v) is 1.96. The molecule has 0 spiro atoms. The minimum atomic E-state index is -4.85. The van der Waals surface area contributed by atoms with Crippen molar-refractivity contribution in [3.63, 3.8) is 0 Å². The van der Waals surface area contributed by atoms with Gasteiger partial charge in [0.25, 0.3) is 5.78 Å². The van der Waals surface area contributed by atoms with Crippen LogP contribution in [0.4, 0.5) is 13.2 Å². The predicted molar refractivity (Wildman–Crippen MR) is 57.5 cm³/mol.